The van der Waals surface area contributed by atoms with Gasteiger partial charge in [-0.15, -0.1) is 0 Å². The van der Waals surface area contributed by atoms with E-state index in [1.165, 1.54) is 18.3 Å². The first-order valence-electron chi connectivity index (χ1n) is 9.72. The molecule has 166 valence electrons. The quantitative estimate of drug-likeness (QED) is 0.281. The number of rotatable bonds is 7. The lowest BCUT2D eigenvalue weighted by Crippen LogP contribution is -2.48. The van der Waals surface area contributed by atoms with E-state index in [0.29, 0.717) is 29.5 Å². The van der Waals surface area contributed by atoms with Crippen LogP contribution < -0.4 is 16.1 Å². The van der Waals surface area contributed by atoms with Crippen LogP contribution in [0.4, 0.5) is 4.39 Å². The molecule has 3 aromatic rings. The van der Waals surface area contributed by atoms with Crippen molar-refractivity contribution in [1.82, 2.24) is 26.1 Å². The Labute approximate surface area is 184 Å². The van der Waals surface area contributed by atoms with Gasteiger partial charge in [-0.05, 0) is 36.8 Å². The third-order valence-electron chi connectivity index (χ3n) is 4.20. The molecule has 0 aliphatic rings. The number of amides is 2. The number of benzene rings is 1. The Morgan fingerprint density at radius 2 is 1.87 bits per heavy atom. The summed E-state index contributed by atoms with van der Waals surface area (Å²) in [5.74, 6) is -1.10. The minimum Gasteiger partial charge on any atom is -0.355 e. The number of fused-ring (bicyclic) bond motifs is 1. The summed E-state index contributed by atoms with van der Waals surface area (Å²) in [7, 11) is 0. The van der Waals surface area contributed by atoms with Gasteiger partial charge in [0.05, 0.1) is 11.7 Å². The summed E-state index contributed by atoms with van der Waals surface area (Å²) in [6.45, 7) is 4.67. The van der Waals surface area contributed by atoms with Crippen molar-refractivity contribution >= 4 is 34.3 Å². The molecule has 0 aliphatic carbocycles. The van der Waals surface area contributed by atoms with Crippen molar-refractivity contribution < 1.29 is 19.2 Å². The molecule has 1 aromatic carbocycles. The number of aromatic amines is 1. The molecule has 0 saturated carbocycles. The van der Waals surface area contributed by atoms with Crippen LogP contribution in [-0.4, -0.2) is 46.1 Å². The molecule has 0 unspecified atom stereocenters. The fraction of sp³-hybridized carbons (Fsp3) is 0.286. The number of aromatic nitrogens is 2. The number of pyridine rings is 1. The van der Waals surface area contributed by atoms with Crippen molar-refractivity contribution in [3.05, 3.63) is 64.8 Å². The molecular weight excluding hydrogens is 425 g/mol. The number of H-pyrrole nitrogens is 1. The van der Waals surface area contributed by atoms with Crippen LogP contribution in [-0.2, 0) is 11.2 Å². The van der Waals surface area contributed by atoms with Gasteiger partial charge in [0.1, 0.15) is 22.7 Å². The summed E-state index contributed by atoms with van der Waals surface area (Å²) in [6.07, 6.45) is 1.78. The van der Waals surface area contributed by atoms with Gasteiger partial charge in [0.25, 0.3) is 5.91 Å². The predicted molar refractivity (Wildman–Crippen MR) is 117 cm³/mol. The van der Waals surface area contributed by atoms with Crippen LogP contribution >= 0.6 is 11.6 Å². The first kappa shape index (κ1) is 24.3. The molecular formula is C21H25ClFN5O3. The van der Waals surface area contributed by atoms with Crippen LogP contribution in [0.1, 0.15) is 29.9 Å². The van der Waals surface area contributed by atoms with Crippen LogP contribution in [0, 0.1) is 5.82 Å². The number of carbonyl (C=O) groups excluding carboxylic acids is 2. The zero-order valence-electron chi connectivity index (χ0n) is 17.2. The normalized spacial score (nSPS) is 11.4. The second-order valence-corrected chi connectivity index (χ2v) is 6.93. The van der Waals surface area contributed by atoms with Gasteiger partial charge in [-0.2, -0.15) is 0 Å². The predicted octanol–water partition coefficient (Wildman–Crippen LogP) is 2.82. The maximum Gasteiger partial charge on any atom is 0.268 e. The molecule has 0 radical (unpaired) electrons. The Morgan fingerprint density at radius 3 is 2.48 bits per heavy atom. The van der Waals surface area contributed by atoms with E-state index in [0.717, 1.165) is 10.9 Å². The van der Waals surface area contributed by atoms with E-state index in [2.05, 4.69) is 20.6 Å². The van der Waals surface area contributed by atoms with Gasteiger partial charge < -0.3 is 20.8 Å². The van der Waals surface area contributed by atoms with Crippen LogP contribution in [0.3, 0.4) is 0 Å². The summed E-state index contributed by atoms with van der Waals surface area (Å²) in [6, 6.07) is 8.31. The smallest absolute Gasteiger partial charge is 0.268 e. The highest BCUT2D eigenvalue weighted by atomic mass is 35.5. The molecule has 0 saturated heterocycles. The highest BCUT2D eigenvalue weighted by molar-refractivity contribution is 6.30. The molecule has 0 spiro atoms. The summed E-state index contributed by atoms with van der Waals surface area (Å²) in [5.41, 5.74) is 3.63. The molecule has 2 aromatic heterocycles. The summed E-state index contributed by atoms with van der Waals surface area (Å²) < 4.78 is 13.1. The molecule has 1 atom stereocenters. The highest BCUT2D eigenvalue weighted by Crippen LogP contribution is 2.18. The molecule has 3 rings (SSSR count). The molecule has 2 amide bonds. The van der Waals surface area contributed by atoms with Crippen molar-refractivity contribution in [1.29, 1.82) is 0 Å². The third-order valence-corrected chi connectivity index (χ3v) is 4.41. The monoisotopic (exact) mass is 449 g/mol. The number of likely N-dealkylation sites (N-methyl/N-ethyl adjacent to an activating group) is 1. The average molecular weight is 450 g/mol. The van der Waals surface area contributed by atoms with Crippen LogP contribution in [0.15, 0.2) is 42.6 Å². The number of hydrogen-bond donors (Lipinski definition) is 5. The Bertz CT molecular complexity index is 1010. The molecule has 8 nitrogen and oxygen atoms in total. The number of hydroxylamine groups is 1. The number of nitrogens with one attached hydrogen (secondary N) is 4. The lowest BCUT2D eigenvalue weighted by atomic mass is 10.0. The van der Waals surface area contributed by atoms with Crippen LogP contribution in [0.5, 0.6) is 0 Å². The van der Waals surface area contributed by atoms with Crippen molar-refractivity contribution in [2.75, 3.05) is 13.1 Å². The molecule has 0 bridgehead atoms. The maximum absolute atomic E-state index is 13.1. The number of hydrogen-bond acceptors (Lipinski definition) is 5. The van der Waals surface area contributed by atoms with E-state index in [1.54, 1.807) is 31.2 Å². The Kier molecular flexibility index (Phi) is 9.39. The summed E-state index contributed by atoms with van der Waals surface area (Å²) in [5, 5.41) is 14.1. The summed E-state index contributed by atoms with van der Waals surface area (Å²) in [4.78, 5) is 31.9. The Hall–Kier alpha value is -3.01. The minimum absolute atomic E-state index is 0.242. The lowest BCUT2D eigenvalue weighted by molar-refractivity contribution is -0.122. The van der Waals surface area contributed by atoms with Gasteiger partial charge in [-0.1, -0.05) is 30.7 Å². The Morgan fingerprint density at radius 1 is 1.19 bits per heavy atom. The van der Waals surface area contributed by atoms with E-state index in [4.69, 9.17) is 16.8 Å². The van der Waals surface area contributed by atoms with E-state index >= 15 is 0 Å². The van der Waals surface area contributed by atoms with Crippen molar-refractivity contribution in [3.63, 3.8) is 0 Å². The topological polar surface area (TPSA) is 119 Å². The van der Waals surface area contributed by atoms with E-state index in [-0.39, 0.29) is 18.1 Å². The fourth-order valence-electron chi connectivity index (χ4n) is 2.73. The van der Waals surface area contributed by atoms with Gasteiger partial charge in [0.15, 0.2) is 0 Å². The summed E-state index contributed by atoms with van der Waals surface area (Å²) >= 11 is 5.86. The molecule has 0 aliphatic heterocycles. The van der Waals surface area contributed by atoms with Crippen molar-refractivity contribution in [2.24, 2.45) is 0 Å². The van der Waals surface area contributed by atoms with Gasteiger partial charge in [0.2, 0.25) is 5.91 Å². The second kappa shape index (κ2) is 12.0. The number of carbonyl (C=O) groups is 2. The van der Waals surface area contributed by atoms with Crippen molar-refractivity contribution in [3.8, 4) is 0 Å². The standard InChI is InChI=1S/C19H18ClFN4O2.C2H7NO/c1-2-22-18(26)14(7-11-3-5-13(21)6-4-11)25-19(27)15-8-12-9-17(20)23-10-16(12)24-15;1-2-3-4/h3-6,8-10,14,24H,2,7H2,1H3,(H,22,26)(H,25,27);3-4H,2H2,1H3/t14-;/m0./s1. The molecule has 31 heavy (non-hydrogen) atoms. The largest absolute Gasteiger partial charge is 0.355 e. The first-order chi connectivity index (χ1) is 14.9. The van der Waals surface area contributed by atoms with E-state index in [1.807, 2.05) is 12.4 Å². The maximum atomic E-state index is 13.1. The first-order valence-corrected chi connectivity index (χ1v) is 10.1. The van der Waals surface area contributed by atoms with E-state index in [9.17, 15) is 14.0 Å². The van der Waals surface area contributed by atoms with Crippen molar-refractivity contribution in [2.45, 2.75) is 26.3 Å². The zero-order chi connectivity index (χ0) is 22.8. The molecule has 2 heterocycles. The minimum atomic E-state index is -0.795. The average Bonchev–Trinajstić information content (AvgIpc) is 3.18. The molecule has 5 N–H and O–H groups in total. The SMILES string of the molecule is CCNC(=O)[C@H](Cc1ccc(F)cc1)NC(=O)c1cc2cc(Cl)ncc2[nH]1.CCNO. The lowest BCUT2D eigenvalue weighted by Gasteiger charge is -2.18. The Balaban J connectivity index is 0.000000785. The van der Waals surface area contributed by atoms with Crippen LogP contribution in [0.25, 0.3) is 10.9 Å². The molecule has 0 fully saturated rings. The van der Waals surface area contributed by atoms with Gasteiger partial charge >= 0.3 is 0 Å². The molecule has 10 heteroatoms. The fourth-order valence-corrected chi connectivity index (χ4v) is 2.89. The van der Waals surface area contributed by atoms with Gasteiger partial charge in [-0.25, -0.2) is 14.9 Å². The number of nitrogens with zero attached hydrogens (tertiary/aromatic N) is 1. The zero-order valence-corrected chi connectivity index (χ0v) is 18.0. The second-order valence-electron chi connectivity index (χ2n) is 6.54. The van der Waals surface area contributed by atoms with Gasteiger partial charge in [-0.3, -0.25) is 9.59 Å². The van der Waals surface area contributed by atoms with E-state index < -0.39 is 11.9 Å². The third kappa shape index (κ3) is 7.32. The number of halogens is 2. The van der Waals surface area contributed by atoms with Gasteiger partial charge in [0, 0.05) is 24.9 Å². The highest BCUT2D eigenvalue weighted by Gasteiger charge is 2.22. The van der Waals surface area contributed by atoms with Crippen LogP contribution in [0.2, 0.25) is 5.15 Å².